The Labute approximate surface area is 544 Å². The number of hydrogen-bond donors (Lipinski definition) is 3. The minimum atomic E-state index is -0.844. The van der Waals surface area contributed by atoms with Crippen molar-refractivity contribution in [3.05, 3.63) is 48.6 Å². The van der Waals surface area contributed by atoms with Crippen molar-refractivity contribution in [3.63, 3.8) is 0 Å². The average molecular weight is 1220 g/mol. The smallest absolute Gasteiger partial charge is 0.305 e. The molecule has 0 aliphatic carbocycles. The molecule has 512 valence electrons. The van der Waals surface area contributed by atoms with E-state index in [2.05, 4.69) is 55.6 Å². The first-order valence-electron chi connectivity index (χ1n) is 39.4. The molecular formula is C81H153NO5. The van der Waals surface area contributed by atoms with Gasteiger partial charge in [-0.3, -0.25) is 9.59 Å². The molecule has 0 saturated carbocycles. The molecule has 2 unspecified atom stereocenters. The number of aliphatic hydroxyl groups excluding tert-OH is 2. The maximum absolute atomic E-state index is 12.5. The van der Waals surface area contributed by atoms with Crippen LogP contribution in [0.25, 0.3) is 0 Å². The quantitative estimate of drug-likeness (QED) is 0.0320. The van der Waals surface area contributed by atoms with Gasteiger partial charge in [-0.1, -0.05) is 383 Å². The van der Waals surface area contributed by atoms with Gasteiger partial charge in [-0.2, -0.15) is 0 Å². The second-order valence-electron chi connectivity index (χ2n) is 27.0. The molecule has 0 bridgehead atoms. The number of nitrogens with one attached hydrogen (secondary N) is 1. The lowest BCUT2D eigenvalue weighted by Crippen LogP contribution is -2.45. The standard InChI is InChI=1S/C81H153NO5/c1-3-5-7-9-11-13-15-16-17-18-19-41-44-47-50-54-57-61-65-69-73-79(84)78(77-83)82-80(85)74-70-66-62-58-55-51-48-45-42-39-37-35-33-31-29-27-25-23-21-20-22-24-26-28-30-32-34-36-38-40-43-46-49-52-56-60-64-68-72-76-87-81(86)75-71-67-63-59-53-14-12-10-8-6-4-2/h10,12,20-21,24,26,69,73,78-79,83-84H,3-9,11,13-19,22-23,25,27-68,70-72,74-77H2,1-2H3,(H,82,85)/b12-10-,21-20-,26-24-,73-69+. The van der Waals surface area contributed by atoms with E-state index in [0.29, 0.717) is 19.4 Å². The molecule has 6 heteroatoms. The Hall–Kier alpha value is -2.18. The van der Waals surface area contributed by atoms with Crippen LogP contribution in [0.15, 0.2) is 48.6 Å². The third-order valence-electron chi connectivity index (χ3n) is 18.3. The number of carbonyl (C=O) groups is 2. The normalized spacial score (nSPS) is 12.7. The second-order valence-corrected chi connectivity index (χ2v) is 27.0. The highest BCUT2D eigenvalue weighted by molar-refractivity contribution is 5.76. The number of hydrogen-bond acceptors (Lipinski definition) is 5. The van der Waals surface area contributed by atoms with Crippen LogP contribution >= 0.6 is 0 Å². The first-order valence-corrected chi connectivity index (χ1v) is 39.4. The minimum absolute atomic E-state index is 0.00923. The number of amides is 1. The Kier molecular flexibility index (Phi) is 74.4. The Balaban J connectivity index is 3.38. The van der Waals surface area contributed by atoms with Crippen LogP contribution in [0.3, 0.4) is 0 Å². The summed E-state index contributed by atoms with van der Waals surface area (Å²) in [4.78, 5) is 24.5. The molecule has 0 aliphatic rings. The van der Waals surface area contributed by atoms with Crippen molar-refractivity contribution in [1.82, 2.24) is 5.32 Å². The lowest BCUT2D eigenvalue weighted by atomic mass is 10.0. The van der Waals surface area contributed by atoms with Crippen LogP contribution in [0.2, 0.25) is 0 Å². The molecule has 3 N–H and O–H groups in total. The zero-order valence-electron chi connectivity index (χ0n) is 58.8. The van der Waals surface area contributed by atoms with Crippen molar-refractivity contribution < 1.29 is 24.5 Å². The zero-order chi connectivity index (χ0) is 62.8. The number of allylic oxidation sites excluding steroid dienone is 7. The third-order valence-corrected chi connectivity index (χ3v) is 18.3. The van der Waals surface area contributed by atoms with E-state index < -0.39 is 12.1 Å². The van der Waals surface area contributed by atoms with Gasteiger partial charge < -0.3 is 20.3 Å². The summed E-state index contributed by atoms with van der Waals surface area (Å²) in [6.07, 6.45) is 101. The summed E-state index contributed by atoms with van der Waals surface area (Å²) >= 11 is 0. The van der Waals surface area contributed by atoms with Crippen LogP contribution in [0.1, 0.15) is 431 Å². The van der Waals surface area contributed by atoms with Gasteiger partial charge in [0.2, 0.25) is 5.91 Å². The maximum Gasteiger partial charge on any atom is 0.305 e. The highest BCUT2D eigenvalue weighted by Crippen LogP contribution is 2.19. The van der Waals surface area contributed by atoms with E-state index >= 15 is 0 Å². The van der Waals surface area contributed by atoms with Gasteiger partial charge in [-0.15, -0.1) is 0 Å². The molecule has 0 aromatic carbocycles. The summed E-state index contributed by atoms with van der Waals surface area (Å²) in [7, 11) is 0. The minimum Gasteiger partial charge on any atom is -0.466 e. The first kappa shape index (κ1) is 84.8. The van der Waals surface area contributed by atoms with Crippen LogP contribution in [0, 0.1) is 0 Å². The molecule has 0 aromatic heterocycles. The molecule has 0 fully saturated rings. The molecule has 87 heavy (non-hydrogen) atoms. The highest BCUT2D eigenvalue weighted by Gasteiger charge is 2.18. The summed E-state index contributed by atoms with van der Waals surface area (Å²) in [5.41, 5.74) is 0. The summed E-state index contributed by atoms with van der Waals surface area (Å²) in [6.45, 7) is 4.90. The Morgan fingerprint density at radius 3 is 0.920 bits per heavy atom. The zero-order valence-corrected chi connectivity index (χ0v) is 58.8. The number of aliphatic hydroxyl groups is 2. The van der Waals surface area contributed by atoms with Crippen LogP contribution in [0.5, 0.6) is 0 Å². The molecule has 2 atom stereocenters. The fraction of sp³-hybridized carbons (Fsp3) is 0.877. The van der Waals surface area contributed by atoms with E-state index in [4.69, 9.17) is 4.74 Å². The average Bonchev–Trinajstić information content (AvgIpc) is 3.53. The third kappa shape index (κ3) is 72.8. The predicted octanol–water partition coefficient (Wildman–Crippen LogP) is 26.0. The molecule has 1 amide bonds. The van der Waals surface area contributed by atoms with Gasteiger partial charge in [0.1, 0.15) is 0 Å². The van der Waals surface area contributed by atoms with E-state index in [9.17, 15) is 19.8 Å². The fourth-order valence-corrected chi connectivity index (χ4v) is 12.3. The predicted molar refractivity (Wildman–Crippen MR) is 384 cm³/mol. The molecule has 0 radical (unpaired) electrons. The van der Waals surface area contributed by atoms with E-state index in [1.54, 1.807) is 6.08 Å². The maximum atomic E-state index is 12.5. The van der Waals surface area contributed by atoms with E-state index in [1.807, 2.05) is 6.08 Å². The van der Waals surface area contributed by atoms with E-state index in [-0.39, 0.29) is 18.5 Å². The van der Waals surface area contributed by atoms with Crippen molar-refractivity contribution in [2.45, 2.75) is 443 Å². The van der Waals surface area contributed by atoms with Crippen molar-refractivity contribution in [1.29, 1.82) is 0 Å². The van der Waals surface area contributed by atoms with Crippen molar-refractivity contribution in [2.75, 3.05) is 13.2 Å². The topological polar surface area (TPSA) is 95.9 Å². The number of carbonyl (C=O) groups excluding carboxylic acids is 2. The summed E-state index contributed by atoms with van der Waals surface area (Å²) < 4.78 is 5.47. The molecule has 0 heterocycles. The van der Waals surface area contributed by atoms with Gasteiger partial charge in [-0.05, 0) is 83.5 Å². The van der Waals surface area contributed by atoms with E-state index in [1.165, 1.54) is 353 Å². The summed E-state index contributed by atoms with van der Waals surface area (Å²) in [5.74, 6) is -0.0517. The first-order chi connectivity index (χ1) is 43.0. The summed E-state index contributed by atoms with van der Waals surface area (Å²) in [5, 5.41) is 23.3. The number of rotatable bonds is 74. The molecule has 0 aromatic rings. The van der Waals surface area contributed by atoms with Crippen molar-refractivity contribution >= 4 is 11.9 Å². The SMILES string of the molecule is CCCC/C=C\CCCCCCCC(=O)OCCCCCCCCCCCCCCCCC/C=C\C/C=C\CCCCCCCCCCCCCCCCCCCC(=O)NC(CO)C(O)/C=C/CCCCCCCCCCCCCCCCCCCC. The highest BCUT2D eigenvalue weighted by atomic mass is 16.5. The van der Waals surface area contributed by atoms with Crippen LogP contribution < -0.4 is 5.32 Å². The van der Waals surface area contributed by atoms with Crippen LogP contribution in [-0.4, -0.2) is 47.4 Å². The number of ether oxygens (including phenoxy) is 1. The lowest BCUT2D eigenvalue weighted by molar-refractivity contribution is -0.143. The van der Waals surface area contributed by atoms with Crippen molar-refractivity contribution in [3.8, 4) is 0 Å². The van der Waals surface area contributed by atoms with Crippen LogP contribution in [0.4, 0.5) is 0 Å². The summed E-state index contributed by atoms with van der Waals surface area (Å²) in [6, 6.07) is -0.627. The molecule has 0 rings (SSSR count). The van der Waals surface area contributed by atoms with E-state index in [0.717, 1.165) is 51.4 Å². The fourth-order valence-electron chi connectivity index (χ4n) is 12.3. The van der Waals surface area contributed by atoms with Crippen molar-refractivity contribution in [2.24, 2.45) is 0 Å². The van der Waals surface area contributed by atoms with Gasteiger partial charge in [0.15, 0.2) is 0 Å². The van der Waals surface area contributed by atoms with Gasteiger partial charge in [0.25, 0.3) is 0 Å². The number of unbranched alkanes of at least 4 members (excludes halogenated alkanes) is 57. The molecule has 0 aliphatic heterocycles. The monoisotopic (exact) mass is 1220 g/mol. The molecule has 0 saturated heterocycles. The molecule has 0 spiro atoms. The van der Waals surface area contributed by atoms with Gasteiger partial charge >= 0.3 is 5.97 Å². The van der Waals surface area contributed by atoms with Gasteiger partial charge in [0.05, 0.1) is 25.4 Å². The molecule has 6 nitrogen and oxygen atoms in total. The Morgan fingerprint density at radius 1 is 0.322 bits per heavy atom. The lowest BCUT2D eigenvalue weighted by Gasteiger charge is -2.20. The van der Waals surface area contributed by atoms with Gasteiger partial charge in [-0.25, -0.2) is 0 Å². The van der Waals surface area contributed by atoms with Gasteiger partial charge in [0, 0.05) is 12.8 Å². The number of esters is 1. The largest absolute Gasteiger partial charge is 0.466 e. The Morgan fingerprint density at radius 2 is 0.586 bits per heavy atom. The van der Waals surface area contributed by atoms with Crippen LogP contribution in [-0.2, 0) is 14.3 Å². The molecular weight excluding hydrogens is 1070 g/mol. The second kappa shape index (κ2) is 76.3. The Bertz CT molecular complexity index is 1450.